The van der Waals surface area contributed by atoms with Crippen LogP contribution in [0.2, 0.25) is 0 Å². The van der Waals surface area contributed by atoms with E-state index in [0.29, 0.717) is 6.54 Å². The molecule has 4 atom stereocenters. The lowest BCUT2D eigenvalue weighted by Gasteiger charge is -2.36. The zero-order valence-electron chi connectivity index (χ0n) is 13.0. The van der Waals surface area contributed by atoms with Crippen molar-refractivity contribution in [3.05, 3.63) is 35.6 Å². The molecule has 0 bridgehead atoms. The fraction of sp³-hybridized carbons (Fsp3) is 0.625. The van der Waals surface area contributed by atoms with Crippen molar-refractivity contribution in [2.24, 2.45) is 5.73 Å². The summed E-state index contributed by atoms with van der Waals surface area (Å²) in [7, 11) is 4.06. The fourth-order valence-electron chi connectivity index (χ4n) is 3.32. The number of nitrogens with zero attached hydrogens (tertiary/aromatic N) is 2. The van der Waals surface area contributed by atoms with E-state index in [1.807, 2.05) is 21.0 Å². The standard InChI is InChI=1S/C16H26FN3O/c1-11(18)16(12-4-6-13(17)7-5-12)20-10-15(21)8-14(20)9-19(2)3/h4-7,11,14-16,21H,8-10,18H2,1-3H3. The molecule has 5 heteroatoms. The number of benzene rings is 1. The normalized spacial score (nSPS) is 26.2. The molecule has 1 aromatic rings. The Hall–Kier alpha value is -1.01. The molecule has 21 heavy (non-hydrogen) atoms. The molecule has 1 saturated heterocycles. The molecule has 2 rings (SSSR count). The van der Waals surface area contributed by atoms with Crippen molar-refractivity contribution < 1.29 is 9.50 Å². The lowest BCUT2D eigenvalue weighted by molar-refractivity contribution is 0.123. The Morgan fingerprint density at radius 2 is 2.00 bits per heavy atom. The topological polar surface area (TPSA) is 52.7 Å². The molecule has 4 unspecified atom stereocenters. The monoisotopic (exact) mass is 295 g/mol. The summed E-state index contributed by atoms with van der Waals surface area (Å²) in [6.07, 6.45) is 0.430. The van der Waals surface area contributed by atoms with Gasteiger partial charge in [0.1, 0.15) is 5.82 Å². The number of β-amino-alcohol motifs (C(OH)–C–C–N with tert-alkyl or cyclic N) is 1. The average Bonchev–Trinajstić information content (AvgIpc) is 2.71. The highest BCUT2D eigenvalue weighted by atomic mass is 19.1. The van der Waals surface area contributed by atoms with Gasteiger partial charge in [0.15, 0.2) is 0 Å². The summed E-state index contributed by atoms with van der Waals surface area (Å²) in [4.78, 5) is 4.39. The minimum Gasteiger partial charge on any atom is -0.392 e. The Labute approximate surface area is 126 Å². The van der Waals surface area contributed by atoms with E-state index in [1.165, 1.54) is 12.1 Å². The third-order valence-corrected chi connectivity index (χ3v) is 4.08. The van der Waals surface area contributed by atoms with Crippen LogP contribution < -0.4 is 5.73 Å². The van der Waals surface area contributed by atoms with Gasteiger partial charge >= 0.3 is 0 Å². The summed E-state index contributed by atoms with van der Waals surface area (Å²) in [6.45, 7) is 3.45. The van der Waals surface area contributed by atoms with Crippen LogP contribution >= 0.6 is 0 Å². The van der Waals surface area contributed by atoms with Gasteiger partial charge in [-0.15, -0.1) is 0 Å². The smallest absolute Gasteiger partial charge is 0.123 e. The molecule has 1 heterocycles. The SMILES string of the molecule is CC(N)C(c1ccc(F)cc1)N1CC(O)CC1CN(C)C. The van der Waals surface area contributed by atoms with Gasteiger partial charge in [0, 0.05) is 25.2 Å². The number of hydrogen-bond acceptors (Lipinski definition) is 4. The molecule has 0 aliphatic carbocycles. The maximum atomic E-state index is 13.1. The van der Waals surface area contributed by atoms with Gasteiger partial charge in [-0.25, -0.2) is 4.39 Å². The van der Waals surface area contributed by atoms with Crippen molar-refractivity contribution in [3.8, 4) is 0 Å². The predicted molar refractivity (Wildman–Crippen MR) is 82.5 cm³/mol. The largest absolute Gasteiger partial charge is 0.392 e. The molecule has 0 amide bonds. The van der Waals surface area contributed by atoms with Crippen LogP contribution in [0.15, 0.2) is 24.3 Å². The molecule has 0 spiro atoms. The molecule has 3 N–H and O–H groups in total. The van der Waals surface area contributed by atoms with Crippen molar-refractivity contribution in [1.29, 1.82) is 0 Å². The molecule has 0 saturated carbocycles. The third-order valence-electron chi connectivity index (χ3n) is 4.08. The highest BCUT2D eigenvalue weighted by molar-refractivity contribution is 5.22. The number of halogens is 1. The molecule has 4 nitrogen and oxygen atoms in total. The first kappa shape index (κ1) is 16.4. The van der Waals surface area contributed by atoms with Crippen LogP contribution in [0.1, 0.15) is 24.9 Å². The van der Waals surface area contributed by atoms with Crippen molar-refractivity contribution in [1.82, 2.24) is 9.80 Å². The van der Waals surface area contributed by atoms with E-state index in [0.717, 1.165) is 18.5 Å². The van der Waals surface area contributed by atoms with E-state index < -0.39 is 0 Å². The first-order valence-electron chi connectivity index (χ1n) is 7.48. The number of aliphatic hydroxyl groups is 1. The number of rotatable bonds is 5. The van der Waals surface area contributed by atoms with Crippen LogP contribution in [0.4, 0.5) is 4.39 Å². The lowest BCUT2D eigenvalue weighted by atomic mass is 9.98. The second kappa shape index (κ2) is 6.83. The minimum absolute atomic E-state index is 0.00676. The Balaban J connectivity index is 2.25. The van der Waals surface area contributed by atoms with E-state index in [1.54, 1.807) is 12.1 Å². The molecule has 0 aromatic heterocycles. The maximum Gasteiger partial charge on any atom is 0.123 e. The third kappa shape index (κ3) is 4.01. The van der Waals surface area contributed by atoms with Crippen molar-refractivity contribution in [3.63, 3.8) is 0 Å². The zero-order valence-corrected chi connectivity index (χ0v) is 13.0. The van der Waals surface area contributed by atoms with Crippen LogP contribution in [0.25, 0.3) is 0 Å². The van der Waals surface area contributed by atoms with E-state index in [9.17, 15) is 9.50 Å². The van der Waals surface area contributed by atoms with Crippen molar-refractivity contribution in [2.45, 2.75) is 37.6 Å². The molecule has 1 aliphatic heterocycles. The zero-order chi connectivity index (χ0) is 15.6. The van der Waals surface area contributed by atoms with Crippen LogP contribution in [0, 0.1) is 5.82 Å². The highest BCUT2D eigenvalue weighted by Crippen LogP contribution is 2.32. The van der Waals surface area contributed by atoms with E-state index in [2.05, 4.69) is 9.80 Å². The summed E-state index contributed by atoms with van der Waals surface area (Å²) in [5.41, 5.74) is 7.20. The average molecular weight is 295 g/mol. The van der Waals surface area contributed by atoms with Gasteiger partial charge in [0.05, 0.1) is 12.1 Å². The Kier molecular flexibility index (Phi) is 5.32. The first-order chi connectivity index (χ1) is 9.88. The Bertz CT molecular complexity index is 449. The first-order valence-corrected chi connectivity index (χ1v) is 7.48. The van der Waals surface area contributed by atoms with E-state index in [-0.39, 0.29) is 30.0 Å². The van der Waals surface area contributed by atoms with Gasteiger partial charge in [-0.3, -0.25) is 4.90 Å². The molecule has 1 aliphatic rings. The molecule has 1 fully saturated rings. The van der Waals surface area contributed by atoms with Gasteiger partial charge in [0.25, 0.3) is 0 Å². The highest BCUT2D eigenvalue weighted by Gasteiger charge is 2.37. The number of hydrogen-bond donors (Lipinski definition) is 2. The van der Waals surface area contributed by atoms with Gasteiger partial charge in [-0.05, 0) is 45.1 Å². The lowest BCUT2D eigenvalue weighted by Crippen LogP contribution is -2.45. The number of likely N-dealkylation sites (N-methyl/N-ethyl adjacent to an activating group) is 1. The van der Waals surface area contributed by atoms with Crippen LogP contribution in [0.5, 0.6) is 0 Å². The number of aliphatic hydroxyl groups excluding tert-OH is 1. The number of nitrogens with two attached hydrogens (primary N) is 1. The molecular formula is C16H26FN3O. The minimum atomic E-state index is -0.323. The maximum absolute atomic E-state index is 13.1. The van der Waals surface area contributed by atoms with Gasteiger partial charge < -0.3 is 15.7 Å². The van der Waals surface area contributed by atoms with Crippen molar-refractivity contribution in [2.75, 3.05) is 27.2 Å². The fourth-order valence-corrected chi connectivity index (χ4v) is 3.32. The Morgan fingerprint density at radius 3 is 2.52 bits per heavy atom. The van der Waals surface area contributed by atoms with E-state index >= 15 is 0 Å². The molecular weight excluding hydrogens is 269 g/mol. The second-order valence-electron chi connectivity index (χ2n) is 6.36. The summed E-state index contributed by atoms with van der Waals surface area (Å²) < 4.78 is 13.1. The van der Waals surface area contributed by atoms with Crippen molar-refractivity contribution >= 4 is 0 Å². The summed E-state index contributed by atoms with van der Waals surface area (Å²) in [5.74, 6) is -0.242. The van der Waals surface area contributed by atoms with E-state index in [4.69, 9.17) is 5.73 Å². The summed E-state index contributed by atoms with van der Waals surface area (Å²) >= 11 is 0. The van der Waals surface area contributed by atoms with Gasteiger partial charge in [-0.2, -0.15) is 0 Å². The quantitative estimate of drug-likeness (QED) is 0.857. The molecule has 0 radical (unpaired) electrons. The van der Waals surface area contributed by atoms with Crippen LogP contribution in [0.3, 0.4) is 0 Å². The Morgan fingerprint density at radius 1 is 1.38 bits per heavy atom. The molecule has 118 valence electrons. The summed E-state index contributed by atoms with van der Waals surface area (Å²) in [5, 5.41) is 10.0. The summed E-state index contributed by atoms with van der Waals surface area (Å²) in [6, 6.07) is 6.69. The second-order valence-corrected chi connectivity index (χ2v) is 6.36. The predicted octanol–water partition coefficient (Wildman–Crippen LogP) is 1.21. The number of likely N-dealkylation sites (tertiary alicyclic amines) is 1. The molecule has 1 aromatic carbocycles. The van der Waals surface area contributed by atoms with Gasteiger partial charge in [0.2, 0.25) is 0 Å². The van der Waals surface area contributed by atoms with Crippen LogP contribution in [-0.4, -0.2) is 60.3 Å². The van der Waals surface area contributed by atoms with Gasteiger partial charge in [-0.1, -0.05) is 12.1 Å². The van der Waals surface area contributed by atoms with Crippen LogP contribution in [-0.2, 0) is 0 Å².